The van der Waals surface area contributed by atoms with Crippen molar-refractivity contribution >= 4 is 24.2 Å². The number of phenolic OH excluding ortho intramolecular Hbond substituents is 4. The molecule has 12 heteroatoms. The number of hydrogen-bond acceptors (Lipinski definition) is 12. The molecule has 12 nitrogen and oxygen atoms in total. The molecule has 0 unspecified atom stereocenters. The molecular weight excluding hydrogens is 552 g/mol. The third-order valence-corrected chi connectivity index (χ3v) is 6.31. The molecule has 1 aliphatic heterocycles. The number of rotatable bonds is 9. The summed E-state index contributed by atoms with van der Waals surface area (Å²) in [6.45, 7) is -0.486. The molecule has 222 valence electrons. The van der Waals surface area contributed by atoms with Gasteiger partial charge in [0.1, 0.15) is 42.5 Å². The van der Waals surface area contributed by atoms with Crippen LogP contribution in [0.3, 0.4) is 0 Å². The molecule has 3 aromatic carbocycles. The lowest BCUT2D eigenvalue weighted by Gasteiger charge is -2.39. The van der Waals surface area contributed by atoms with Crippen molar-refractivity contribution in [2.75, 3.05) is 13.7 Å². The summed E-state index contributed by atoms with van der Waals surface area (Å²) in [4.78, 5) is 12.2. The molecule has 3 aromatic rings. The lowest BCUT2D eigenvalue weighted by molar-refractivity contribution is -0.278. The van der Waals surface area contributed by atoms with E-state index in [1.165, 1.54) is 55.7 Å². The van der Waals surface area contributed by atoms with Crippen LogP contribution in [0.25, 0.3) is 18.2 Å². The van der Waals surface area contributed by atoms with Gasteiger partial charge in [0.15, 0.2) is 23.0 Å². The summed E-state index contributed by atoms with van der Waals surface area (Å²) >= 11 is 0. The van der Waals surface area contributed by atoms with Gasteiger partial charge in [-0.2, -0.15) is 0 Å². The van der Waals surface area contributed by atoms with Crippen molar-refractivity contribution in [3.05, 3.63) is 77.4 Å². The average Bonchev–Trinajstić information content (AvgIpc) is 2.96. The zero-order valence-corrected chi connectivity index (χ0v) is 22.3. The van der Waals surface area contributed by atoms with Gasteiger partial charge in [0.2, 0.25) is 6.29 Å². The highest BCUT2D eigenvalue weighted by atomic mass is 16.7. The van der Waals surface area contributed by atoms with E-state index in [0.29, 0.717) is 16.7 Å². The van der Waals surface area contributed by atoms with Crippen LogP contribution >= 0.6 is 0 Å². The zero-order chi connectivity index (χ0) is 30.4. The van der Waals surface area contributed by atoms with Crippen LogP contribution in [0.15, 0.2) is 60.7 Å². The largest absolute Gasteiger partial charge is 0.508 e. The SMILES string of the molecule is COc1cc(/C=C/C(=O)OC[C@H]2O[C@@H](Oc3cc(O)cc(/C=C/c4ccc(O)c(O)c4)c3)[C@H](O)[C@@H](O)[C@@H]2O)ccc1O. The van der Waals surface area contributed by atoms with Crippen molar-refractivity contribution in [1.29, 1.82) is 0 Å². The van der Waals surface area contributed by atoms with Gasteiger partial charge in [-0.25, -0.2) is 4.79 Å². The monoisotopic (exact) mass is 582 g/mol. The molecule has 42 heavy (non-hydrogen) atoms. The van der Waals surface area contributed by atoms with E-state index in [9.17, 15) is 40.5 Å². The second-order valence-corrected chi connectivity index (χ2v) is 9.37. The van der Waals surface area contributed by atoms with Crippen molar-refractivity contribution in [3.63, 3.8) is 0 Å². The van der Waals surface area contributed by atoms with Gasteiger partial charge in [-0.1, -0.05) is 24.3 Å². The third-order valence-electron chi connectivity index (χ3n) is 6.31. The van der Waals surface area contributed by atoms with E-state index < -0.39 is 43.3 Å². The Morgan fingerprint density at radius 1 is 0.786 bits per heavy atom. The van der Waals surface area contributed by atoms with Gasteiger partial charge in [0.25, 0.3) is 0 Å². The van der Waals surface area contributed by atoms with Crippen LogP contribution in [-0.4, -0.2) is 86.1 Å². The Morgan fingerprint density at radius 2 is 1.48 bits per heavy atom. The van der Waals surface area contributed by atoms with Gasteiger partial charge < -0.3 is 54.7 Å². The highest BCUT2D eigenvalue weighted by Crippen LogP contribution is 2.30. The van der Waals surface area contributed by atoms with Crippen molar-refractivity contribution in [2.24, 2.45) is 0 Å². The second kappa shape index (κ2) is 13.3. The normalized spacial score (nSPS) is 22.3. The number of ether oxygens (including phenoxy) is 4. The molecule has 0 aliphatic carbocycles. The predicted octanol–water partition coefficient (Wildman–Crippen LogP) is 2.13. The first-order valence-electron chi connectivity index (χ1n) is 12.7. The van der Waals surface area contributed by atoms with Crippen LogP contribution < -0.4 is 9.47 Å². The number of carbonyl (C=O) groups excluding carboxylic acids is 1. The molecule has 1 saturated heterocycles. The number of aliphatic hydroxyl groups excluding tert-OH is 3. The van der Waals surface area contributed by atoms with Crippen LogP contribution in [0.1, 0.15) is 16.7 Å². The highest BCUT2D eigenvalue weighted by molar-refractivity contribution is 5.87. The van der Waals surface area contributed by atoms with E-state index in [2.05, 4.69) is 0 Å². The summed E-state index contributed by atoms with van der Waals surface area (Å²) < 4.78 is 21.4. The molecule has 0 aromatic heterocycles. The summed E-state index contributed by atoms with van der Waals surface area (Å²) in [6.07, 6.45) is -2.02. The lowest BCUT2D eigenvalue weighted by Crippen LogP contribution is -2.60. The number of aliphatic hydroxyl groups is 3. The van der Waals surface area contributed by atoms with E-state index in [-0.39, 0.29) is 34.5 Å². The minimum Gasteiger partial charge on any atom is -0.508 e. The maximum absolute atomic E-state index is 12.2. The van der Waals surface area contributed by atoms with Crippen LogP contribution in [0.2, 0.25) is 0 Å². The van der Waals surface area contributed by atoms with E-state index >= 15 is 0 Å². The smallest absolute Gasteiger partial charge is 0.330 e. The van der Waals surface area contributed by atoms with Gasteiger partial charge in [-0.3, -0.25) is 0 Å². The number of benzene rings is 3. The molecule has 4 rings (SSSR count). The Balaban J connectivity index is 1.40. The maximum atomic E-state index is 12.2. The van der Waals surface area contributed by atoms with E-state index in [1.807, 2.05) is 0 Å². The summed E-state index contributed by atoms with van der Waals surface area (Å²) in [5.74, 6) is -1.33. The lowest BCUT2D eigenvalue weighted by atomic mass is 9.99. The topological polar surface area (TPSA) is 196 Å². The van der Waals surface area contributed by atoms with E-state index in [4.69, 9.17) is 18.9 Å². The van der Waals surface area contributed by atoms with E-state index in [1.54, 1.807) is 24.3 Å². The van der Waals surface area contributed by atoms with Crippen LogP contribution in [-0.2, 0) is 14.3 Å². The van der Waals surface area contributed by atoms with Crippen molar-refractivity contribution < 1.29 is 59.5 Å². The zero-order valence-electron chi connectivity index (χ0n) is 22.3. The quantitative estimate of drug-likeness (QED) is 0.0842. The molecule has 0 bridgehead atoms. The number of esters is 1. The van der Waals surface area contributed by atoms with Gasteiger partial charge in [-0.15, -0.1) is 0 Å². The molecule has 5 atom stereocenters. The summed E-state index contributed by atoms with van der Waals surface area (Å²) in [5.41, 5.74) is 1.57. The van der Waals surface area contributed by atoms with Crippen molar-refractivity contribution in [1.82, 2.24) is 0 Å². The number of phenols is 4. The summed E-state index contributed by atoms with van der Waals surface area (Å²) in [6, 6.07) is 12.9. The first-order valence-corrected chi connectivity index (χ1v) is 12.7. The first kappa shape index (κ1) is 30.2. The Morgan fingerprint density at radius 3 is 2.19 bits per heavy atom. The van der Waals surface area contributed by atoms with Gasteiger partial charge >= 0.3 is 5.97 Å². The molecule has 1 fully saturated rings. The van der Waals surface area contributed by atoms with Gasteiger partial charge in [-0.05, 0) is 59.2 Å². The maximum Gasteiger partial charge on any atom is 0.330 e. The average molecular weight is 583 g/mol. The molecule has 7 N–H and O–H groups in total. The molecular formula is C30H30O12. The van der Waals surface area contributed by atoms with Gasteiger partial charge in [0, 0.05) is 12.1 Å². The predicted molar refractivity (Wildman–Crippen MR) is 149 cm³/mol. The molecule has 1 heterocycles. The fraction of sp³-hybridized carbons (Fsp3) is 0.233. The Kier molecular flexibility index (Phi) is 9.55. The molecule has 0 radical (unpaired) electrons. The number of methoxy groups -OCH3 is 1. The first-order chi connectivity index (χ1) is 20.0. The summed E-state index contributed by atoms with van der Waals surface area (Å²) in [5, 5.41) is 70.2. The molecule has 0 spiro atoms. The Hall–Kier alpha value is -4.75. The van der Waals surface area contributed by atoms with E-state index in [0.717, 1.165) is 6.08 Å². The van der Waals surface area contributed by atoms with Crippen LogP contribution in [0.5, 0.6) is 34.5 Å². The highest BCUT2D eigenvalue weighted by Gasteiger charge is 2.45. The van der Waals surface area contributed by atoms with Crippen LogP contribution in [0.4, 0.5) is 0 Å². The summed E-state index contributed by atoms with van der Waals surface area (Å²) in [7, 11) is 1.39. The van der Waals surface area contributed by atoms with Gasteiger partial charge in [0.05, 0.1) is 7.11 Å². The van der Waals surface area contributed by atoms with Crippen molar-refractivity contribution in [2.45, 2.75) is 30.7 Å². The fourth-order valence-electron chi connectivity index (χ4n) is 4.07. The number of aromatic hydroxyl groups is 4. The van der Waals surface area contributed by atoms with Crippen molar-refractivity contribution in [3.8, 4) is 34.5 Å². The second-order valence-electron chi connectivity index (χ2n) is 9.37. The number of carbonyl (C=O) groups is 1. The third kappa shape index (κ3) is 7.50. The molecule has 1 aliphatic rings. The molecule has 0 saturated carbocycles. The Labute approximate surface area is 240 Å². The van der Waals surface area contributed by atoms with Crippen LogP contribution in [0, 0.1) is 0 Å². The molecule has 0 amide bonds. The Bertz CT molecular complexity index is 1470. The standard InChI is InChI=1S/C30H30O12/c1-39-24-13-17(5-8-22(24)33)6-9-26(35)40-15-25-27(36)28(37)29(38)30(42-25)41-20-11-18(10-19(31)14-20)3-2-16-4-7-21(32)23(34)12-16/h2-14,25,27-34,36-38H,15H2,1H3/b3-2+,9-6+/t25-,27-,28+,29-,30-/m1/s1. The fourth-order valence-corrected chi connectivity index (χ4v) is 4.07. The minimum absolute atomic E-state index is 0.0545. The number of hydrogen-bond donors (Lipinski definition) is 7. The minimum atomic E-state index is -1.70.